The van der Waals surface area contributed by atoms with Gasteiger partial charge in [0.1, 0.15) is 0 Å². The van der Waals surface area contributed by atoms with Gasteiger partial charge in [-0.1, -0.05) is 171 Å². The first-order valence-corrected chi connectivity index (χ1v) is 16.5. The smallest absolute Gasteiger partial charge is 0.0150 e. The van der Waals surface area contributed by atoms with E-state index in [1.807, 2.05) is 0 Å². The molecule has 43 heavy (non-hydrogen) atoms. The number of benzene rings is 5. The lowest BCUT2D eigenvalue weighted by atomic mass is 9.74. The Bertz CT molecular complexity index is 1410. The predicted octanol–water partition coefficient (Wildman–Crippen LogP) is 12.1. The molecule has 5 aromatic rings. The van der Waals surface area contributed by atoms with E-state index in [1.54, 1.807) is 0 Å². The molecule has 0 fully saturated rings. The maximum atomic E-state index is 2.37. The summed E-state index contributed by atoms with van der Waals surface area (Å²) in [4.78, 5) is 0. The number of hydrogen-bond acceptors (Lipinski definition) is 0. The lowest BCUT2D eigenvalue weighted by Gasteiger charge is -2.31. The summed E-state index contributed by atoms with van der Waals surface area (Å²) >= 11 is 0. The van der Waals surface area contributed by atoms with Gasteiger partial charge in [-0.3, -0.25) is 0 Å². The van der Waals surface area contributed by atoms with Gasteiger partial charge in [-0.25, -0.2) is 0 Å². The third-order valence-electron chi connectivity index (χ3n) is 9.32. The van der Waals surface area contributed by atoms with Gasteiger partial charge in [0.15, 0.2) is 0 Å². The summed E-state index contributed by atoms with van der Waals surface area (Å²) in [7, 11) is 0. The second kappa shape index (κ2) is 16.7. The SMILES string of the molecule is CCCCC(CC(CC(CC(CCc1ccccc1)c1ccccc1)c1ccccc1)c1ccccc1)c1ccccc1. The van der Waals surface area contributed by atoms with Crippen molar-refractivity contribution in [3.63, 3.8) is 0 Å². The van der Waals surface area contributed by atoms with E-state index < -0.39 is 0 Å². The summed E-state index contributed by atoms with van der Waals surface area (Å²) in [6.07, 6.45) is 9.56. The van der Waals surface area contributed by atoms with Crippen LogP contribution in [-0.4, -0.2) is 0 Å². The van der Waals surface area contributed by atoms with Crippen molar-refractivity contribution < 1.29 is 0 Å². The quantitative estimate of drug-likeness (QED) is 0.112. The zero-order valence-electron chi connectivity index (χ0n) is 25.9. The van der Waals surface area contributed by atoms with Crippen molar-refractivity contribution in [2.24, 2.45) is 0 Å². The number of rotatable bonds is 16. The Hall–Kier alpha value is -3.90. The molecule has 0 nitrogen and oxygen atoms in total. The monoisotopic (exact) mass is 564 g/mol. The molecule has 5 rings (SSSR count). The van der Waals surface area contributed by atoms with Gasteiger partial charge in [0.05, 0.1) is 0 Å². The van der Waals surface area contributed by atoms with Crippen LogP contribution in [0.4, 0.5) is 0 Å². The Kier molecular flexibility index (Phi) is 11.8. The van der Waals surface area contributed by atoms with Gasteiger partial charge >= 0.3 is 0 Å². The van der Waals surface area contributed by atoms with Crippen LogP contribution in [0.5, 0.6) is 0 Å². The van der Waals surface area contributed by atoms with E-state index in [4.69, 9.17) is 0 Å². The van der Waals surface area contributed by atoms with Gasteiger partial charge in [0.2, 0.25) is 0 Å². The van der Waals surface area contributed by atoms with Crippen LogP contribution < -0.4 is 0 Å². The Morgan fingerprint density at radius 1 is 0.372 bits per heavy atom. The number of hydrogen-bond donors (Lipinski definition) is 0. The molecule has 0 bridgehead atoms. The van der Waals surface area contributed by atoms with E-state index in [9.17, 15) is 0 Å². The molecular weight excluding hydrogens is 516 g/mol. The van der Waals surface area contributed by atoms with Crippen LogP contribution in [0.25, 0.3) is 0 Å². The van der Waals surface area contributed by atoms with Crippen LogP contribution in [0.3, 0.4) is 0 Å². The summed E-state index contributed by atoms with van der Waals surface area (Å²) in [5, 5.41) is 0. The Labute approximate surface area is 260 Å². The van der Waals surface area contributed by atoms with Crippen molar-refractivity contribution in [1.29, 1.82) is 0 Å². The highest BCUT2D eigenvalue weighted by molar-refractivity contribution is 5.28. The van der Waals surface area contributed by atoms with E-state index in [0.29, 0.717) is 23.7 Å². The van der Waals surface area contributed by atoms with Crippen molar-refractivity contribution in [3.8, 4) is 0 Å². The molecule has 0 N–H and O–H groups in total. The zero-order valence-corrected chi connectivity index (χ0v) is 25.9. The van der Waals surface area contributed by atoms with E-state index in [2.05, 4.69) is 159 Å². The summed E-state index contributed by atoms with van der Waals surface area (Å²) in [5.74, 6) is 2.06. The first kappa shape index (κ1) is 30.6. The molecule has 0 aliphatic heterocycles. The predicted molar refractivity (Wildman–Crippen MR) is 185 cm³/mol. The lowest BCUT2D eigenvalue weighted by molar-refractivity contribution is 0.408. The summed E-state index contributed by atoms with van der Waals surface area (Å²) in [5.41, 5.74) is 7.37. The fraction of sp³-hybridized carbons (Fsp3) is 0.302. The minimum Gasteiger partial charge on any atom is -0.0654 e. The molecule has 220 valence electrons. The van der Waals surface area contributed by atoms with Gasteiger partial charge in [-0.2, -0.15) is 0 Å². The largest absolute Gasteiger partial charge is 0.0654 e. The van der Waals surface area contributed by atoms with Gasteiger partial charge in [0, 0.05) is 0 Å². The van der Waals surface area contributed by atoms with Crippen LogP contribution in [0, 0.1) is 0 Å². The lowest BCUT2D eigenvalue weighted by Crippen LogP contribution is -2.14. The molecule has 4 atom stereocenters. The van der Waals surface area contributed by atoms with Crippen molar-refractivity contribution in [3.05, 3.63) is 179 Å². The standard InChI is InChI=1S/C43H48/c1-2-3-21-40(36-22-11-5-12-23-36)32-42(38-26-15-7-16-27-38)34-43(39-28-17-8-18-29-39)33-41(37-24-13-6-14-25-37)31-30-35-19-9-4-10-20-35/h4-20,22-29,40-43H,2-3,21,30-34H2,1H3. The average molecular weight is 565 g/mol. The van der Waals surface area contributed by atoms with Crippen LogP contribution in [0.15, 0.2) is 152 Å². The second-order valence-electron chi connectivity index (χ2n) is 12.3. The summed E-state index contributed by atoms with van der Waals surface area (Å²) in [6.45, 7) is 2.32. The molecule has 0 spiro atoms. The zero-order chi connectivity index (χ0) is 29.5. The highest BCUT2D eigenvalue weighted by Gasteiger charge is 2.26. The van der Waals surface area contributed by atoms with E-state index in [1.165, 1.54) is 53.5 Å². The molecule has 0 heterocycles. The van der Waals surface area contributed by atoms with E-state index in [-0.39, 0.29) is 0 Å². The summed E-state index contributed by atoms with van der Waals surface area (Å²) < 4.78 is 0. The highest BCUT2D eigenvalue weighted by atomic mass is 14.3. The Morgan fingerprint density at radius 2 is 0.698 bits per heavy atom. The van der Waals surface area contributed by atoms with Gasteiger partial charge < -0.3 is 0 Å². The van der Waals surface area contributed by atoms with Crippen LogP contribution in [-0.2, 0) is 6.42 Å². The van der Waals surface area contributed by atoms with Gasteiger partial charge in [-0.05, 0) is 90.0 Å². The number of unbranched alkanes of at least 4 members (excludes halogenated alkanes) is 1. The molecule has 0 aromatic heterocycles. The van der Waals surface area contributed by atoms with E-state index >= 15 is 0 Å². The minimum absolute atomic E-state index is 0.481. The van der Waals surface area contributed by atoms with E-state index in [0.717, 1.165) is 25.7 Å². The molecule has 0 heteroatoms. The van der Waals surface area contributed by atoms with Crippen molar-refractivity contribution in [2.45, 2.75) is 82.0 Å². The molecular formula is C43H48. The molecule has 0 amide bonds. The highest BCUT2D eigenvalue weighted by Crippen LogP contribution is 2.43. The molecule has 0 radical (unpaired) electrons. The minimum atomic E-state index is 0.481. The fourth-order valence-corrected chi connectivity index (χ4v) is 6.95. The first-order valence-electron chi connectivity index (χ1n) is 16.5. The molecule has 0 aliphatic carbocycles. The van der Waals surface area contributed by atoms with Crippen LogP contribution >= 0.6 is 0 Å². The topological polar surface area (TPSA) is 0 Å². The van der Waals surface area contributed by atoms with Crippen molar-refractivity contribution in [1.82, 2.24) is 0 Å². The maximum absolute atomic E-state index is 2.37. The first-order chi connectivity index (χ1) is 21.3. The fourth-order valence-electron chi connectivity index (χ4n) is 6.95. The van der Waals surface area contributed by atoms with Crippen LogP contribution in [0.1, 0.15) is 103 Å². The Morgan fingerprint density at radius 3 is 1.09 bits per heavy atom. The van der Waals surface area contributed by atoms with Crippen molar-refractivity contribution >= 4 is 0 Å². The van der Waals surface area contributed by atoms with Crippen LogP contribution in [0.2, 0.25) is 0 Å². The third-order valence-corrected chi connectivity index (χ3v) is 9.32. The molecule has 4 unspecified atom stereocenters. The molecule has 5 aromatic carbocycles. The molecule has 0 aliphatic rings. The second-order valence-corrected chi connectivity index (χ2v) is 12.3. The maximum Gasteiger partial charge on any atom is -0.0150 e. The number of aryl methyl sites for hydroxylation is 1. The Balaban J connectivity index is 1.46. The van der Waals surface area contributed by atoms with Gasteiger partial charge in [0.25, 0.3) is 0 Å². The van der Waals surface area contributed by atoms with Crippen molar-refractivity contribution in [2.75, 3.05) is 0 Å². The third kappa shape index (κ3) is 9.29. The average Bonchev–Trinajstić information content (AvgIpc) is 3.09. The normalized spacial score (nSPS) is 14.1. The molecule has 0 saturated heterocycles. The van der Waals surface area contributed by atoms with Gasteiger partial charge in [-0.15, -0.1) is 0 Å². The summed E-state index contributed by atoms with van der Waals surface area (Å²) in [6, 6.07) is 56.3. The molecule has 0 saturated carbocycles.